The number of hydrogen-bond acceptors (Lipinski definition) is 2. The minimum absolute atomic E-state index is 0.0948. The van der Waals surface area contributed by atoms with Crippen LogP contribution in [0.5, 0.6) is 0 Å². The molecule has 1 aromatic rings. The molecule has 1 aliphatic heterocycles. The minimum atomic E-state index is 0.0948. The molecule has 0 aromatic heterocycles. The zero-order valence-corrected chi connectivity index (χ0v) is 13.2. The molecule has 1 amide bonds. The number of halogens is 1. The van der Waals surface area contributed by atoms with Crippen LogP contribution >= 0.6 is 15.9 Å². The molecule has 1 fully saturated rings. The van der Waals surface area contributed by atoms with Crippen LogP contribution in [0.3, 0.4) is 0 Å². The lowest BCUT2D eigenvalue weighted by molar-refractivity contribution is 0.0600. The molecule has 19 heavy (non-hydrogen) atoms. The number of amides is 1. The van der Waals surface area contributed by atoms with E-state index in [4.69, 9.17) is 5.73 Å². The Morgan fingerprint density at radius 2 is 2.05 bits per heavy atom. The van der Waals surface area contributed by atoms with Crippen LogP contribution in [0.2, 0.25) is 0 Å². The van der Waals surface area contributed by atoms with E-state index in [0.29, 0.717) is 16.7 Å². The van der Waals surface area contributed by atoms with Crippen molar-refractivity contribution in [2.45, 2.75) is 33.1 Å². The fourth-order valence-electron chi connectivity index (χ4n) is 2.46. The highest BCUT2D eigenvalue weighted by atomic mass is 79.9. The summed E-state index contributed by atoms with van der Waals surface area (Å²) in [5.41, 5.74) is 7.53. The van der Waals surface area contributed by atoms with E-state index >= 15 is 0 Å². The number of carbonyl (C=O) groups excluding carboxylic acids is 1. The van der Waals surface area contributed by atoms with Crippen molar-refractivity contribution in [2.75, 3.05) is 18.8 Å². The number of hydrogen-bond donors (Lipinski definition) is 1. The highest BCUT2D eigenvalue weighted by molar-refractivity contribution is 9.10. The van der Waals surface area contributed by atoms with Gasteiger partial charge < -0.3 is 10.6 Å². The lowest BCUT2D eigenvalue weighted by atomic mass is 9.78. The molecule has 2 rings (SSSR count). The van der Waals surface area contributed by atoms with E-state index in [2.05, 4.69) is 29.8 Å². The molecule has 0 aliphatic carbocycles. The van der Waals surface area contributed by atoms with Gasteiger partial charge in [-0.2, -0.15) is 0 Å². The maximum absolute atomic E-state index is 12.4. The SMILES string of the molecule is CCC1(C)CCN(C(=O)c2ccc(Br)c(N)c2)CC1. The van der Waals surface area contributed by atoms with Gasteiger partial charge in [0, 0.05) is 28.8 Å². The fraction of sp³-hybridized carbons (Fsp3) is 0.533. The van der Waals surface area contributed by atoms with Crippen molar-refractivity contribution in [1.82, 2.24) is 4.90 Å². The number of piperidine rings is 1. The summed E-state index contributed by atoms with van der Waals surface area (Å²) in [5, 5.41) is 0. The van der Waals surface area contributed by atoms with Crippen molar-refractivity contribution >= 4 is 27.5 Å². The molecule has 4 heteroatoms. The molecule has 0 radical (unpaired) electrons. The largest absolute Gasteiger partial charge is 0.398 e. The number of nitrogens with zero attached hydrogens (tertiary/aromatic N) is 1. The minimum Gasteiger partial charge on any atom is -0.398 e. The Balaban J connectivity index is 2.07. The molecular weight excluding hydrogens is 304 g/mol. The van der Waals surface area contributed by atoms with Gasteiger partial charge >= 0.3 is 0 Å². The highest BCUT2D eigenvalue weighted by Crippen LogP contribution is 2.34. The maximum Gasteiger partial charge on any atom is 0.253 e. The third-order valence-electron chi connectivity index (χ3n) is 4.35. The number of anilines is 1. The standard InChI is InChI=1S/C15H21BrN2O/c1-3-15(2)6-8-18(9-7-15)14(19)11-4-5-12(16)13(17)10-11/h4-5,10H,3,6-9,17H2,1-2H3. The van der Waals surface area contributed by atoms with Gasteiger partial charge in [0.05, 0.1) is 0 Å². The molecular formula is C15H21BrN2O. The first-order valence-electron chi connectivity index (χ1n) is 6.79. The van der Waals surface area contributed by atoms with Crippen molar-refractivity contribution in [1.29, 1.82) is 0 Å². The molecule has 1 aliphatic rings. The Kier molecular flexibility index (Phi) is 4.19. The predicted molar refractivity (Wildman–Crippen MR) is 82.1 cm³/mol. The van der Waals surface area contributed by atoms with Gasteiger partial charge in [-0.25, -0.2) is 0 Å². The van der Waals surface area contributed by atoms with Crippen LogP contribution in [0.15, 0.2) is 22.7 Å². The lowest BCUT2D eigenvalue weighted by Gasteiger charge is -2.39. The molecule has 0 spiro atoms. The molecule has 3 nitrogen and oxygen atoms in total. The van der Waals surface area contributed by atoms with E-state index in [1.807, 2.05) is 17.0 Å². The van der Waals surface area contributed by atoms with Gasteiger partial charge in [0.2, 0.25) is 0 Å². The molecule has 1 heterocycles. The van der Waals surface area contributed by atoms with E-state index in [-0.39, 0.29) is 5.91 Å². The van der Waals surface area contributed by atoms with Crippen molar-refractivity contribution in [3.63, 3.8) is 0 Å². The quantitative estimate of drug-likeness (QED) is 0.843. The first kappa shape index (κ1) is 14.4. The van der Waals surface area contributed by atoms with Gasteiger partial charge in [0.1, 0.15) is 0 Å². The number of carbonyl (C=O) groups is 1. The number of nitrogen functional groups attached to an aromatic ring is 1. The molecule has 0 saturated carbocycles. The Morgan fingerprint density at radius 3 is 2.58 bits per heavy atom. The lowest BCUT2D eigenvalue weighted by Crippen LogP contribution is -2.41. The normalized spacial score (nSPS) is 18.4. The number of nitrogens with two attached hydrogens (primary N) is 1. The average molecular weight is 325 g/mol. The first-order valence-corrected chi connectivity index (χ1v) is 7.59. The summed E-state index contributed by atoms with van der Waals surface area (Å²) >= 11 is 3.35. The van der Waals surface area contributed by atoms with Crippen molar-refractivity contribution in [2.24, 2.45) is 5.41 Å². The summed E-state index contributed by atoms with van der Waals surface area (Å²) in [5.74, 6) is 0.0948. The molecule has 0 bridgehead atoms. The molecule has 1 aromatic carbocycles. The van der Waals surface area contributed by atoms with E-state index < -0.39 is 0 Å². The van der Waals surface area contributed by atoms with Gasteiger partial charge in [-0.1, -0.05) is 20.3 Å². The van der Waals surface area contributed by atoms with Crippen molar-refractivity contribution in [3.05, 3.63) is 28.2 Å². The van der Waals surface area contributed by atoms with Gasteiger partial charge in [0.15, 0.2) is 0 Å². The van der Waals surface area contributed by atoms with E-state index in [1.54, 1.807) is 6.07 Å². The molecule has 0 atom stereocenters. The Labute approximate surface area is 123 Å². The van der Waals surface area contributed by atoms with Crippen LogP contribution in [0.4, 0.5) is 5.69 Å². The van der Waals surface area contributed by atoms with E-state index in [1.165, 1.54) is 6.42 Å². The second-order valence-corrected chi connectivity index (χ2v) is 6.55. The van der Waals surface area contributed by atoms with Crippen LogP contribution in [0, 0.1) is 5.41 Å². The van der Waals surface area contributed by atoms with E-state index in [0.717, 1.165) is 30.4 Å². The van der Waals surface area contributed by atoms with Gasteiger partial charge in [-0.3, -0.25) is 4.79 Å². The summed E-state index contributed by atoms with van der Waals surface area (Å²) in [4.78, 5) is 14.4. The van der Waals surface area contributed by atoms with Gasteiger partial charge in [-0.15, -0.1) is 0 Å². The second-order valence-electron chi connectivity index (χ2n) is 5.69. The third kappa shape index (κ3) is 3.11. The first-order chi connectivity index (χ1) is 8.95. The van der Waals surface area contributed by atoms with Gasteiger partial charge in [-0.05, 0) is 52.4 Å². The van der Waals surface area contributed by atoms with Crippen molar-refractivity contribution < 1.29 is 4.79 Å². The van der Waals surface area contributed by atoms with E-state index in [9.17, 15) is 4.79 Å². The molecule has 0 unspecified atom stereocenters. The monoisotopic (exact) mass is 324 g/mol. The highest BCUT2D eigenvalue weighted by Gasteiger charge is 2.30. The summed E-state index contributed by atoms with van der Waals surface area (Å²) in [7, 11) is 0. The molecule has 2 N–H and O–H groups in total. The fourth-order valence-corrected chi connectivity index (χ4v) is 2.71. The summed E-state index contributed by atoms with van der Waals surface area (Å²) in [6, 6.07) is 5.42. The Morgan fingerprint density at radius 1 is 1.42 bits per heavy atom. The van der Waals surface area contributed by atoms with Crippen LogP contribution in [0.1, 0.15) is 43.5 Å². The summed E-state index contributed by atoms with van der Waals surface area (Å²) < 4.78 is 0.834. The van der Waals surface area contributed by atoms with Crippen LogP contribution < -0.4 is 5.73 Å². The topological polar surface area (TPSA) is 46.3 Å². The zero-order valence-electron chi connectivity index (χ0n) is 11.6. The van der Waals surface area contributed by atoms with Crippen LogP contribution in [0.25, 0.3) is 0 Å². The maximum atomic E-state index is 12.4. The number of rotatable bonds is 2. The second kappa shape index (κ2) is 5.53. The van der Waals surface area contributed by atoms with Crippen LogP contribution in [-0.4, -0.2) is 23.9 Å². The van der Waals surface area contributed by atoms with Crippen molar-refractivity contribution in [3.8, 4) is 0 Å². The summed E-state index contributed by atoms with van der Waals surface area (Å²) in [6.07, 6.45) is 3.35. The smallest absolute Gasteiger partial charge is 0.253 e. The average Bonchev–Trinajstić information content (AvgIpc) is 2.42. The predicted octanol–water partition coefficient (Wildman–Crippen LogP) is 3.68. The summed E-state index contributed by atoms with van der Waals surface area (Å²) in [6.45, 7) is 6.23. The van der Waals surface area contributed by atoms with Crippen LogP contribution in [-0.2, 0) is 0 Å². The Hall–Kier alpha value is -1.03. The number of likely N-dealkylation sites (tertiary alicyclic amines) is 1. The molecule has 1 saturated heterocycles. The Bertz CT molecular complexity index is 479. The zero-order chi connectivity index (χ0) is 14.0. The van der Waals surface area contributed by atoms with Gasteiger partial charge in [0.25, 0.3) is 5.91 Å². The number of benzene rings is 1. The molecule has 104 valence electrons. The third-order valence-corrected chi connectivity index (χ3v) is 5.08.